The number of fused-ring (bicyclic) bond motifs is 1. The number of esters is 2. The molecule has 0 fully saturated rings. The Labute approximate surface area is 125 Å². The Morgan fingerprint density at radius 1 is 1.27 bits per heavy atom. The first-order valence-corrected chi connectivity index (χ1v) is 6.50. The predicted molar refractivity (Wildman–Crippen MR) is 77.9 cm³/mol. The van der Waals surface area contributed by atoms with Crippen molar-refractivity contribution >= 4 is 28.4 Å². The molecular formula is C15H13NO6. The van der Waals surface area contributed by atoms with Gasteiger partial charge in [-0.3, -0.25) is 14.9 Å². The van der Waals surface area contributed by atoms with Crippen molar-refractivity contribution < 1.29 is 24.0 Å². The lowest BCUT2D eigenvalue weighted by atomic mass is 10.0. The summed E-state index contributed by atoms with van der Waals surface area (Å²) < 4.78 is 9.94. The van der Waals surface area contributed by atoms with Gasteiger partial charge in [0, 0.05) is 13.0 Å². The van der Waals surface area contributed by atoms with Crippen LogP contribution in [0.3, 0.4) is 0 Å². The van der Waals surface area contributed by atoms with E-state index < -0.39 is 16.9 Å². The van der Waals surface area contributed by atoms with Crippen molar-refractivity contribution in [2.45, 2.75) is 13.8 Å². The van der Waals surface area contributed by atoms with Gasteiger partial charge in [-0.25, -0.2) is 4.79 Å². The van der Waals surface area contributed by atoms with E-state index in [9.17, 15) is 19.7 Å². The van der Waals surface area contributed by atoms with Crippen molar-refractivity contribution in [2.75, 3.05) is 6.61 Å². The van der Waals surface area contributed by atoms with Crippen LogP contribution in [0.5, 0.6) is 5.75 Å². The summed E-state index contributed by atoms with van der Waals surface area (Å²) in [7, 11) is 0. The van der Waals surface area contributed by atoms with E-state index in [1.165, 1.54) is 31.2 Å². The molecule has 0 radical (unpaired) electrons. The van der Waals surface area contributed by atoms with Gasteiger partial charge in [-0.1, -0.05) is 12.1 Å². The lowest BCUT2D eigenvalue weighted by Crippen LogP contribution is -2.08. The minimum absolute atomic E-state index is 0.0413. The van der Waals surface area contributed by atoms with Crippen LogP contribution in [-0.2, 0) is 9.53 Å². The zero-order chi connectivity index (χ0) is 16.3. The number of benzene rings is 2. The maximum atomic E-state index is 11.8. The largest absolute Gasteiger partial charge is 0.462 e. The van der Waals surface area contributed by atoms with Gasteiger partial charge in [0.2, 0.25) is 0 Å². The molecule has 0 aromatic heterocycles. The highest BCUT2D eigenvalue weighted by Gasteiger charge is 2.20. The van der Waals surface area contributed by atoms with Crippen molar-refractivity contribution in [3.05, 3.63) is 46.0 Å². The maximum Gasteiger partial charge on any atom is 0.338 e. The normalized spacial score (nSPS) is 10.3. The second kappa shape index (κ2) is 6.21. The number of non-ortho nitro benzene ring substituents is 1. The Balaban J connectivity index is 2.73. The summed E-state index contributed by atoms with van der Waals surface area (Å²) in [5.41, 5.74) is -0.0461. The zero-order valence-electron chi connectivity index (χ0n) is 12.0. The minimum Gasteiger partial charge on any atom is -0.462 e. The molecule has 0 aliphatic heterocycles. The highest BCUT2D eigenvalue weighted by atomic mass is 16.6. The zero-order valence-corrected chi connectivity index (χ0v) is 12.0. The summed E-state index contributed by atoms with van der Waals surface area (Å²) >= 11 is 0. The summed E-state index contributed by atoms with van der Waals surface area (Å²) in [4.78, 5) is 33.7. The monoisotopic (exact) mass is 303 g/mol. The molecule has 0 spiro atoms. The van der Waals surface area contributed by atoms with Gasteiger partial charge >= 0.3 is 11.9 Å². The van der Waals surface area contributed by atoms with Crippen LogP contribution in [0.25, 0.3) is 10.8 Å². The van der Waals surface area contributed by atoms with Crippen molar-refractivity contribution in [2.24, 2.45) is 0 Å². The molecule has 2 aromatic rings. The van der Waals surface area contributed by atoms with E-state index in [-0.39, 0.29) is 29.0 Å². The fraction of sp³-hybridized carbons (Fsp3) is 0.200. The molecular weight excluding hydrogens is 290 g/mol. The van der Waals surface area contributed by atoms with E-state index in [4.69, 9.17) is 9.47 Å². The number of carbonyl (C=O) groups is 2. The molecule has 0 heterocycles. The first-order chi connectivity index (χ1) is 10.4. The molecule has 0 aliphatic carbocycles. The topological polar surface area (TPSA) is 95.7 Å². The molecule has 0 N–H and O–H groups in total. The third kappa shape index (κ3) is 3.03. The first-order valence-electron chi connectivity index (χ1n) is 6.50. The minimum atomic E-state index is -0.638. The van der Waals surface area contributed by atoms with Gasteiger partial charge in [-0.2, -0.15) is 0 Å². The highest BCUT2D eigenvalue weighted by Crippen LogP contribution is 2.35. The van der Waals surface area contributed by atoms with Crippen LogP contribution in [0.4, 0.5) is 5.69 Å². The molecule has 0 atom stereocenters. The van der Waals surface area contributed by atoms with E-state index in [0.29, 0.717) is 5.39 Å². The summed E-state index contributed by atoms with van der Waals surface area (Å²) in [5.74, 6) is -1.27. The Morgan fingerprint density at radius 2 is 2.00 bits per heavy atom. The first kappa shape index (κ1) is 15.4. The van der Waals surface area contributed by atoms with Gasteiger partial charge in [0.1, 0.15) is 11.1 Å². The summed E-state index contributed by atoms with van der Waals surface area (Å²) in [6, 6.07) is 7.13. The van der Waals surface area contributed by atoms with Gasteiger partial charge in [-0.05, 0) is 24.4 Å². The number of hydrogen-bond acceptors (Lipinski definition) is 6. The SMILES string of the molecule is CCOC(=O)c1cc(OC(C)=O)c2c([N+](=O)[O-])cccc2c1. The Kier molecular flexibility index (Phi) is 4.36. The van der Waals surface area contributed by atoms with Crippen molar-refractivity contribution in [3.8, 4) is 5.75 Å². The second-order valence-electron chi connectivity index (χ2n) is 4.42. The third-order valence-corrected chi connectivity index (χ3v) is 2.88. The number of hydrogen-bond donors (Lipinski definition) is 0. The number of nitro benzene ring substituents is 1. The molecule has 0 aliphatic rings. The number of ether oxygens (including phenoxy) is 2. The van der Waals surface area contributed by atoms with Crippen LogP contribution in [0.1, 0.15) is 24.2 Å². The Hall–Kier alpha value is -2.96. The molecule has 0 saturated heterocycles. The summed E-state index contributed by atoms with van der Waals surface area (Å²) in [5, 5.41) is 11.7. The molecule has 0 bridgehead atoms. The molecule has 0 saturated carbocycles. The van der Waals surface area contributed by atoms with Crippen LogP contribution < -0.4 is 4.74 Å². The lowest BCUT2D eigenvalue weighted by molar-refractivity contribution is -0.383. The van der Waals surface area contributed by atoms with Gasteiger partial charge in [0.05, 0.1) is 17.1 Å². The highest BCUT2D eigenvalue weighted by molar-refractivity contribution is 6.02. The maximum absolute atomic E-state index is 11.8. The van der Waals surface area contributed by atoms with E-state index in [1.54, 1.807) is 13.0 Å². The Morgan fingerprint density at radius 3 is 2.59 bits per heavy atom. The second-order valence-corrected chi connectivity index (χ2v) is 4.42. The Bertz CT molecular complexity index is 768. The van der Waals surface area contributed by atoms with E-state index >= 15 is 0 Å². The smallest absolute Gasteiger partial charge is 0.338 e. The lowest BCUT2D eigenvalue weighted by Gasteiger charge is -2.09. The van der Waals surface area contributed by atoms with Gasteiger partial charge in [0.25, 0.3) is 5.69 Å². The molecule has 7 nitrogen and oxygen atoms in total. The number of carbonyl (C=O) groups excluding carboxylic acids is 2. The molecule has 0 amide bonds. The van der Waals surface area contributed by atoms with Crippen molar-refractivity contribution in [1.29, 1.82) is 0 Å². The molecule has 7 heteroatoms. The molecule has 22 heavy (non-hydrogen) atoms. The van der Waals surface area contributed by atoms with Gasteiger partial charge in [-0.15, -0.1) is 0 Å². The average molecular weight is 303 g/mol. The van der Waals surface area contributed by atoms with E-state index in [2.05, 4.69) is 0 Å². The number of nitrogens with zero attached hydrogens (tertiary/aromatic N) is 1. The average Bonchev–Trinajstić information content (AvgIpc) is 2.45. The fourth-order valence-corrected chi connectivity index (χ4v) is 2.09. The molecule has 114 valence electrons. The van der Waals surface area contributed by atoms with Crippen LogP contribution in [0.2, 0.25) is 0 Å². The van der Waals surface area contributed by atoms with Crippen LogP contribution in [-0.4, -0.2) is 23.5 Å². The molecule has 2 aromatic carbocycles. The van der Waals surface area contributed by atoms with E-state index in [1.807, 2.05) is 0 Å². The predicted octanol–water partition coefficient (Wildman–Crippen LogP) is 2.85. The van der Waals surface area contributed by atoms with Crippen molar-refractivity contribution in [3.63, 3.8) is 0 Å². The fourth-order valence-electron chi connectivity index (χ4n) is 2.09. The van der Waals surface area contributed by atoms with Gasteiger partial charge < -0.3 is 9.47 Å². The number of nitro groups is 1. The van der Waals surface area contributed by atoms with Crippen LogP contribution in [0, 0.1) is 10.1 Å². The van der Waals surface area contributed by atoms with E-state index in [0.717, 1.165) is 0 Å². The van der Waals surface area contributed by atoms with Crippen LogP contribution >= 0.6 is 0 Å². The third-order valence-electron chi connectivity index (χ3n) is 2.88. The van der Waals surface area contributed by atoms with Gasteiger partial charge in [0.15, 0.2) is 0 Å². The summed E-state index contributed by atoms with van der Waals surface area (Å²) in [6.45, 7) is 3.03. The summed E-state index contributed by atoms with van der Waals surface area (Å²) in [6.07, 6.45) is 0. The molecule has 0 unspecified atom stereocenters. The number of rotatable bonds is 4. The van der Waals surface area contributed by atoms with Crippen molar-refractivity contribution in [1.82, 2.24) is 0 Å². The standard InChI is InChI=1S/C15H13NO6/c1-3-21-15(18)11-7-10-5-4-6-12(16(19)20)14(10)13(8-11)22-9(2)17/h4-8H,3H2,1-2H3. The quantitative estimate of drug-likeness (QED) is 0.373. The molecule has 2 rings (SSSR count). The van der Waals surface area contributed by atoms with Crippen LogP contribution in [0.15, 0.2) is 30.3 Å².